The van der Waals surface area contributed by atoms with E-state index in [-0.39, 0.29) is 5.84 Å². The predicted molar refractivity (Wildman–Crippen MR) is 57.4 cm³/mol. The van der Waals surface area contributed by atoms with E-state index in [1.807, 2.05) is 6.07 Å². The van der Waals surface area contributed by atoms with Crippen LogP contribution >= 0.6 is 0 Å². The van der Waals surface area contributed by atoms with Crippen molar-refractivity contribution in [1.82, 2.24) is 20.2 Å². The molecule has 0 unspecified atom stereocenters. The molecule has 0 amide bonds. The van der Waals surface area contributed by atoms with Crippen molar-refractivity contribution in [3.63, 3.8) is 0 Å². The van der Waals surface area contributed by atoms with Gasteiger partial charge in [0.2, 0.25) is 5.84 Å². The molecule has 1 heterocycles. The van der Waals surface area contributed by atoms with E-state index < -0.39 is 0 Å². The highest BCUT2D eigenvalue weighted by atomic mass is 16.4. The van der Waals surface area contributed by atoms with Crippen molar-refractivity contribution in [1.29, 1.82) is 5.26 Å². The number of tetrazole rings is 1. The fourth-order valence-electron chi connectivity index (χ4n) is 1.34. The molecule has 0 radical (unpaired) electrons. The van der Waals surface area contributed by atoms with Gasteiger partial charge in [0, 0.05) is 5.56 Å². The summed E-state index contributed by atoms with van der Waals surface area (Å²) in [5.74, 6) is 0.708. The normalized spacial score (nSPS) is 11.2. The van der Waals surface area contributed by atoms with Gasteiger partial charge >= 0.3 is 0 Å². The molecule has 1 N–H and O–H groups in total. The Hall–Kier alpha value is -2.75. The van der Waals surface area contributed by atoms with Crippen LogP contribution in [0, 0.1) is 18.3 Å². The van der Waals surface area contributed by atoms with Crippen molar-refractivity contribution >= 4 is 5.84 Å². The van der Waals surface area contributed by atoms with Gasteiger partial charge in [-0.1, -0.05) is 5.16 Å². The summed E-state index contributed by atoms with van der Waals surface area (Å²) in [5.41, 5.74) is 1.14. The fourth-order valence-corrected chi connectivity index (χ4v) is 1.34. The summed E-state index contributed by atoms with van der Waals surface area (Å²) in [5, 5.41) is 31.7. The number of hydrogen-bond acceptors (Lipinski definition) is 6. The Morgan fingerprint density at radius 3 is 2.59 bits per heavy atom. The summed E-state index contributed by atoms with van der Waals surface area (Å²) in [6.45, 7) is 1.69. The molecule has 2 aromatic rings. The van der Waals surface area contributed by atoms with Gasteiger partial charge in [0.15, 0.2) is 5.82 Å². The molecule has 0 saturated carbocycles. The number of nitrogens with zero attached hydrogens (tertiary/aromatic N) is 6. The zero-order valence-corrected chi connectivity index (χ0v) is 8.94. The number of aromatic nitrogens is 4. The third-order valence-electron chi connectivity index (χ3n) is 2.19. The van der Waals surface area contributed by atoms with Gasteiger partial charge in [0.25, 0.3) is 0 Å². The van der Waals surface area contributed by atoms with Crippen LogP contribution in [0.25, 0.3) is 0 Å². The Balaban J connectivity index is 2.44. The van der Waals surface area contributed by atoms with Crippen molar-refractivity contribution in [2.45, 2.75) is 6.92 Å². The lowest BCUT2D eigenvalue weighted by molar-refractivity contribution is 0.316. The predicted octanol–water partition coefficient (Wildman–Crippen LogP) is 0.537. The molecule has 1 aromatic heterocycles. The molecule has 0 aliphatic heterocycles. The SMILES string of the molecule is Cc1nnnn1C(=NO)c1ccc(C#N)cc1. The summed E-state index contributed by atoms with van der Waals surface area (Å²) in [6.07, 6.45) is 0. The number of benzene rings is 1. The number of nitriles is 1. The fraction of sp³-hybridized carbons (Fsp3) is 0.100. The minimum atomic E-state index is 0.206. The molecule has 0 bridgehead atoms. The lowest BCUT2D eigenvalue weighted by atomic mass is 10.1. The van der Waals surface area contributed by atoms with Gasteiger partial charge in [-0.25, -0.2) is 0 Å². The number of rotatable bonds is 1. The average molecular weight is 228 g/mol. The molecule has 2 rings (SSSR count). The van der Waals surface area contributed by atoms with Gasteiger partial charge in [-0.2, -0.15) is 9.94 Å². The second-order valence-corrected chi connectivity index (χ2v) is 3.25. The maximum atomic E-state index is 9.01. The van der Waals surface area contributed by atoms with Crippen LogP contribution in [0.3, 0.4) is 0 Å². The van der Waals surface area contributed by atoms with E-state index in [1.165, 1.54) is 4.68 Å². The maximum Gasteiger partial charge on any atom is 0.203 e. The molecule has 7 heteroatoms. The number of oxime groups is 1. The van der Waals surface area contributed by atoms with Crippen LogP contribution in [-0.2, 0) is 0 Å². The Labute approximate surface area is 96.6 Å². The average Bonchev–Trinajstić information content (AvgIpc) is 2.78. The summed E-state index contributed by atoms with van der Waals surface area (Å²) in [6, 6.07) is 8.58. The Morgan fingerprint density at radius 1 is 1.41 bits per heavy atom. The highest BCUT2D eigenvalue weighted by Crippen LogP contribution is 2.06. The van der Waals surface area contributed by atoms with Crippen LogP contribution in [0.2, 0.25) is 0 Å². The van der Waals surface area contributed by atoms with Crippen LogP contribution in [-0.4, -0.2) is 31.3 Å². The molecule has 0 fully saturated rings. The smallest absolute Gasteiger partial charge is 0.203 e. The molecule has 0 saturated heterocycles. The van der Waals surface area contributed by atoms with E-state index in [1.54, 1.807) is 31.2 Å². The van der Waals surface area contributed by atoms with Crippen LogP contribution in [0.1, 0.15) is 17.0 Å². The number of hydrogen-bond donors (Lipinski definition) is 1. The summed E-state index contributed by atoms with van der Waals surface area (Å²) in [7, 11) is 0. The summed E-state index contributed by atoms with van der Waals surface area (Å²) in [4.78, 5) is 0. The molecule has 7 nitrogen and oxygen atoms in total. The lowest BCUT2D eigenvalue weighted by Crippen LogP contribution is -2.17. The molecule has 1 aromatic carbocycles. The molecule has 0 spiro atoms. The van der Waals surface area contributed by atoms with Crippen LogP contribution in [0.5, 0.6) is 0 Å². The van der Waals surface area contributed by atoms with E-state index >= 15 is 0 Å². The van der Waals surface area contributed by atoms with Crippen LogP contribution in [0.15, 0.2) is 29.4 Å². The van der Waals surface area contributed by atoms with Crippen LogP contribution in [0.4, 0.5) is 0 Å². The first kappa shape index (κ1) is 10.8. The van der Waals surface area contributed by atoms with Gasteiger partial charge < -0.3 is 5.21 Å². The van der Waals surface area contributed by atoms with E-state index in [2.05, 4.69) is 20.7 Å². The van der Waals surface area contributed by atoms with E-state index in [0.717, 1.165) is 0 Å². The van der Waals surface area contributed by atoms with Gasteiger partial charge in [0.05, 0.1) is 11.6 Å². The van der Waals surface area contributed by atoms with E-state index in [0.29, 0.717) is 17.0 Å². The Bertz CT molecular complexity index is 592. The summed E-state index contributed by atoms with van der Waals surface area (Å²) >= 11 is 0. The third kappa shape index (κ3) is 1.96. The van der Waals surface area contributed by atoms with Crippen molar-refractivity contribution in [2.75, 3.05) is 0 Å². The second-order valence-electron chi connectivity index (χ2n) is 3.25. The summed E-state index contributed by atoms with van der Waals surface area (Å²) < 4.78 is 1.31. The quantitative estimate of drug-likeness (QED) is 0.332. The standard InChI is InChI=1S/C10H8N6O/c1-7-12-14-15-16(7)10(13-17)9-4-2-8(6-11)3-5-9/h2-5,17H,1H3. The highest BCUT2D eigenvalue weighted by Gasteiger charge is 2.11. The van der Waals surface area contributed by atoms with Gasteiger partial charge in [-0.3, -0.25) is 0 Å². The highest BCUT2D eigenvalue weighted by molar-refractivity contribution is 5.99. The maximum absolute atomic E-state index is 9.01. The van der Waals surface area contributed by atoms with Crippen LogP contribution < -0.4 is 0 Å². The lowest BCUT2D eigenvalue weighted by Gasteiger charge is -2.04. The zero-order chi connectivity index (χ0) is 12.3. The van der Waals surface area contributed by atoms with E-state index in [4.69, 9.17) is 10.5 Å². The van der Waals surface area contributed by atoms with Crippen molar-refractivity contribution in [2.24, 2.45) is 5.16 Å². The van der Waals surface area contributed by atoms with E-state index in [9.17, 15) is 0 Å². The molecule has 0 aliphatic rings. The Kier molecular flexibility index (Phi) is 2.79. The largest absolute Gasteiger partial charge is 0.409 e. The first-order valence-electron chi connectivity index (χ1n) is 4.74. The van der Waals surface area contributed by atoms with Crippen molar-refractivity contribution in [3.8, 4) is 6.07 Å². The minimum Gasteiger partial charge on any atom is -0.409 e. The Morgan fingerprint density at radius 2 is 2.12 bits per heavy atom. The first-order valence-corrected chi connectivity index (χ1v) is 4.74. The van der Waals surface area contributed by atoms with Crippen molar-refractivity contribution in [3.05, 3.63) is 41.2 Å². The first-order chi connectivity index (χ1) is 8.26. The molecule has 17 heavy (non-hydrogen) atoms. The topological polar surface area (TPSA) is 100.0 Å². The molecule has 84 valence electrons. The minimum absolute atomic E-state index is 0.206. The molecular formula is C10H8N6O. The van der Waals surface area contributed by atoms with Gasteiger partial charge in [-0.05, 0) is 41.6 Å². The monoisotopic (exact) mass is 228 g/mol. The van der Waals surface area contributed by atoms with Crippen molar-refractivity contribution < 1.29 is 5.21 Å². The molecular weight excluding hydrogens is 220 g/mol. The second kappa shape index (κ2) is 4.40. The third-order valence-corrected chi connectivity index (χ3v) is 2.19. The zero-order valence-electron chi connectivity index (χ0n) is 8.94. The molecule has 0 atom stereocenters. The molecule has 0 aliphatic carbocycles. The van der Waals surface area contributed by atoms with Gasteiger partial charge in [0.1, 0.15) is 0 Å². The number of aryl methyl sites for hydroxylation is 1. The van der Waals surface area contributed by atoms with Gasteiger partial charge in [-0.15, -0.1) is 5.10 Å².